The van der Waals surface area contributed by atoms with Crippen LogP contribution < -0.4 is 4.74 Å². The predicted molar refractivity (Wildman–Crippen MR) is 109 cm³/mol. The molecule has 0 saturated carbocycles. The lowest BCUT2D eigenvalue weighted by molar-refractivity contribution is -0.110. The molecule has 0 N–H and O–H groups in total. The highest BCUT2D eigenvalue weighted by atomic mass is 28.4. The van der Waals surface area contributed by atoms with E-state index in [-0.39, 0.29) is 11.1 Å². The molecule has 0 fully saturated rings. The van der Waals surface area contributed by atoms with Crippen molar-refractivity contribution in [3.05, 3.63) is 29.8 Å². The lowest BCUT2D eigenvalue weighted by Crippen LogP contribution is -2.40. The SMILES string of the molecule is COc1ccc(CO[C@@H](CC=O)CCCCO[Si](C)(C)C(C)(C)C)cc1. The van der Waals surface area contributed by atoms with E-state index in [1.54, 1.807) is 7.11 Å². The first kappa shape index (κ1) is 22.9. The molecule has 1 rings (SSSR count). The highest BCUT2D eigenvalue weighted by Gasteiger charge is 2.36. The molecule has 26 heavy (non-hydrogen) atoms. The molecule has 5 heteroatoms. The predicted octanol–water partition coefficient (Wildman–Crippen LogP) is 5.36. The third-order valence-corrected chi connectivity index (χ3v) is 9.73. The molecule has 148 valence electrons. The zero-order chi connectivity index (χ0) is 19.6. The number of carbonyl (C=O) groups is 1. The number of benzene rings is 1. The van der Waals surface area contributed by atoms with Gasteiger partial charge in [-0.3, -0.25) is 0 Å². The molecule has 0 aliphatic heterocycles. The third kappa shape index (κ3) is 8.02. The molecule has 0 heterocycles. The average Bonchev–Trinajstić information content (AvgIpc) is 2.58. The Hall–Kier alpha value is -1.17. The summed E-state index contributed by atoms with van der Waals surface area (Å²) in [6.07, 6.45) is 4.27. The smallest absolute Gasteiger partial charge is 0.191 e. The summed E-state index contributed by atoms with van der Waals surface area (Å²) in [5, 5.41) is 0.245. The highest BCUT2D eigenvalue weighted by Crippen LogP contribution is 2.36. The first-order valence-electron chi connectivity index (χ1n) is 9.51. The maximum absolute atomic E-state index is 10.9. The molecular formula is C21H36O4Si. The number of ether oxygens (including phenoxy) is 2. The maximum Gasteiger partial charge on any atom is 0.191 e. The van der Waals surface area contributed by atoms with Crippen LogP contribution in [0.1, 0.15) is 52.0 Å². The van der Waals surface area contributed by atoms with Gasteiger partial charge in [-0.25, -0.2) is 0 Å². The van der Waals surface area contributed by atoms with Crippen molar-refractivity contribution in [1.29, 1.82) is 0 Å². The Labute approximate surface area is 160 Å². The largest absolute Gasteiger partial charge is 0.497 e. The van der Waals surface area contributed by atoms with Gasteiger partial charge < -0.3 is 18.7 Å². The van der Waals surface area contributed by atoms with Crippen LogP contribution >= 0.6 is 0 Å². The topological polar surface area (TPSA) is 44.8 Å². The van der Waals surface area contributed by atoms with Crippen LogP contribution in [0.15, 0.2) is 24.3 Å². The molecule has 0 spiro atoms. The monoisotopic (exact) mass is 380 g/mol. The van der Waals surface area contributed by atoms with Crippen LogP contribution in [0.4, 0.5) is 0 Å². The van der Waals surface area contributed by atoms with E-state index in [2.05, 4.69) is 33.9 Å². The summed E-state index contributed by atoms with van der Waals surface area (Å²) in [6, 6.07) is 7.82. The molecule has 0 radical (unpaired) electrons. The summed E-state index contributed by atoms with van der Waals surface area (Å²) < 4.78 is 17.3. The molecule has 1 aromatic rings. The van der Waals surface area contributed by atoms with Gasteiger partial charge in [0.1, 0.15) is 12.0 Å². The van der Waals surface area contributed by atoms with E-state index in [0.29, 0.717) is 13.0 Å². The van der Waals surface area contributed by atoms with Gasteiger partial charge >= 0.3 is 0 Å². The molecule has 0 unspecified atom stereocenters. The summed E-state index contributed by atoms with van der Waals surface area (Å²) in [4.78, 5) is 10.9. The standard InChI is InChI=1S/C21H36O4Si/c1-21(2,3)26(5,6)25-16-8-7-9-20(14-15-22)24-17-18-10-12-19(23-4)13-11-18/h10-13,15,20H,7-9,14,16-17H2,1-6H3/t20-/m1/s1. The Morgan fingerprint density at radius 1 is 1.12 bits per heavy atom. The Bertz CT molecular complexity index is 520. The minimum atomic E-state index is -1.66. The van der Waals surface area contributed by atoms with Crippen molar-refractivity contribution in [1.82, 2.24) is 0 Å². The van der Waals surface area contributed by atoms with Crippen LogP contribution in [0.3, 0.4) is 0 Å². The van der Waals surface area contributed by atoms with Crippen molar-refractivity contribution in [2.24, 2.45) is 0 Å². The van der Waals surface area contributed by atoms with E-state index < -0.39 is 8.32 Å². The zero-order valence-electron chi connectivity index (χ0n) is 17.3. The summed E-state index contributed by atoms with van der Waals surface area (Å²) in [5.74, 6) is 0.833. The minimum Gasteiger partial charge on any atom is -0.497 e. The Balaban J connectivity index is 2.33. The quantitative estimate of drug-likeness (QED) is 0.278. The van der Waals surface area contributed by atoms with Crippen LogP contribution in [0.2, 0.25) is 18.1 Å². The van der Waals surface area contributed by atoms with Crippen LogP contribution in [0.25, 0.3) is 0 Å². The second-order valence-electron chi connectivity index (χ2n) is 8.29. The molecule has 1 aromatic carbocycles. The number of carbonyl (C=O) groups excluding carboxylic acids is 1. The van der Waals surface area contributed by atoms with Gasteiger partial charge in [0.15, 0.2) is 8.32 Å². The number of rotatable bonds is 12. The van der Waals surface area contributed by atoms with Crippen molar-refractivity contribution in [2.75, 3.05) is 13.7 Å². The van der Waals surface area contributed by atoms with E-state index in [1.807, 2.05) is 24.3 Å². The number of hydrogen-bond acceptors (Lipinski definition) is 4. The van der Waals surface area contributed by atoms with Crippen LogP contribution in [0, 0.1) is 0 Å². The molecule has 4 nitrogen and oxygen atoms in total. The van der Waals surface area contributed by atoms with Crippen molar-refractivity contribution < 1.29 is 18.7 Å². The van der Waals surface area contributed by atoms with Gasteiger partial charge in [0.05, 0.1) is 19.8 Å². The van der Waals surface area contributed by atoms with E-state index in [0.717, 1.165) is 43.5 Å². The van der Waals surface area contributed by atoms with Gasteiger partial charge in [-0.1, -0.05) is 32.9 Å². The van der Waals surface area contributed by atoms with Gasteiger partial charge in [0.25, 0.3) is 0 Å². The molecular weight excluding hydrogens is 344 g/mol. The summed E-state index contributed by atoms with van der Waals surface area (Å²) >= 11 is 0. The van der Waals surface area contributed by atoms with Crippen molar-refractivity contribution in [3.8, 4) is 5.75 Å². The van der Waals surface area contributed by atoms with Crippen LogP contribution in [0.5, 0.6) is 5.75 Å². The van der Waals surface area contributed by atoms with Gasteiger partial charge in [-0.15, -0.1) is 0 Å². The van der Waals surface area contributed by atoms with Crippen molar-refractivity contribution in [3.63, 3.8) is 0 Å². The first-order valence-corrected chi connectivity index (χ1v) is 12.4. The summed E-state index contributed by atoms with van der Waals surface area (Å²) in [7, 11) is -0.00892. The fraction of sp³-hybridized carbons (Fsp3) is 0.667. The highest BCUT2D eigenvalue weighted by molar-refractivity contribution is 6.74. The summed E-state index contributed by atoms with van der Waals surface area (Å²) in [5.41, 5.74) is 1.09. The number of unbranched alkanes of at least 4 members (excludes halogenated alkanes) is 1. The summed E-state index contributed by atoms with van der Waals surface area (Å²) in [6.45, 7) is 12.6. The molecule has 1 atom stereocenters. The molecule has 0 bridgehead atoms. The molecule has 0 aromatic heterocycles. The number of aldehydes is 1. The third-order valence-electron chi connectivity index (χ3n) is 5.19. The second kappa shape index (κ2) is 10.9. The van der Waals surface area contributed by atoms with Crippen LogP contribution in [-0.2, 0) is 20.6 Å². The number of hydrogen-bond donors (Lipinski definition) is 0. The first-order chi connectivity index (χ1) is 12.2. The van der Waals surface area contributed by atoms with E-state index in [9.17, 15) is 4.79 Å². The molecule has 0 aliphatic rings. The van der Waals surface area contributed by atoms with E-state index in [4.69, 9.17) is 13.9 Å². The lowest BCUT2D eigenvalue weighted by atomic mass is 10.1. The van der Waals surface area contributed by atoms with E-state index >= 15 is 0 Å². The minimum absolute atomic E-state index is 0.0255. The maximum atomic E-state index is 10.9. The second-order valence-corrected chi connectivity index (χ2v) is 13.1. The van der Waals surface area contributed by atoms with Gasteiger partial charge in [-0.2, -0.15) is 0 Å². The molecule has 0 amide bonds. The number of methoxy groups -OCH3 is 1. The normalized spacial score (nSPS) is 13.5. The van der Waals surface area contributed by atoms with Gasteiger partial charge in [0.2, 0.25) is 0 Å². The van der Waals surface area contributed by atoms with Gasteiger partial charge in [0, 0.05) is 13.0 Å². The Kier molecular flexibility index (Phi) is 9.54. The van der Waals surface area contributed by atoms with Crippen molar-refractivity contribution in [2.45, 2.75) is 77.3 Å². The lowest BCUT2D eigenvalue weighted by Gasteiger charge is -2.36. The van der Waals surface area contributed by atoms with Gasteiger partial charge in [-0.05, 0) is 55.1 Å². The zero-order valence-corrected chi connectivity index (χ0v) is 18.3. The van der Waals surface area contributed by atoms with Crippen LogP contribution in [-0.4, -0.2) is 34.4 Å². The van der Waals surface area contributed by atoms with E-state index in [1.165, 1.54) is 0 Å². The molecule has 0 saturated heterocycles. The van der Waals surface area contributed by atoms with Crippen molar-refractivity contribution >= 4 is 14.6 Å². The average molecular weight is 381 g/mol. The fourth-order valence-electron chi connectivity index (χ4n) is 2.33. The Morgan fingerprint density at radius 2 is 1.77 bits per heavy atom. The fourth-order valence-corrected chi connectivity index (χ4v) is 3.42. The molecule has 0 aliphatic carbocycles. The Morgan fingerprint density at radius 3 is 2.31 bits per heavy atom.